The summed E-state index contributed by atoms with van der Waals surface area (Å²) in [7, 11) is 5.44. The first-order valence-electron chi connectivity index (χ1n) is 6.26. The topological polar surface area (TPSA) is 41.6 Å². The summed E-state index contributed by atoms with van der Waals surface area (Å²) in [6.45, 7) is 0.915. The standard InChI is InChI=1S/C14H20N2O2/c1-15-7-6-10-8-14(17)16(2)13-5-4-11(18-3)9-12(10)13/h4-5,9-10,15H,6-8H2,1-3H3. The van der Waals surface area contributed by atoms with Crippen LogP contribution in [0.2, 0.25) is 0 Å². The van der Waals surface area contributed by atoms with Crippen molar-refractivity contribution in [2.24, 2.45) is 0 Å². The molecule has 1 aliphatic rings. The maximum atomic E-state index is 12.0. The number of benzene rings is 1. The molecule has 1 heterocycles. The fourth-order valence-electron chi connectivity index (χ4n) is 2.46. The summed E-state index contributed by atoms with van der Waals surface area (Å²) in [5, 5.41) is 3.14. The lowest BCUT2D eigenvalue weighted by Gasteiger charge is -2.32. The highest BCUT2D eigenvalue weighted by Gasteiger charge is 2.29. The molecular formula is C14H20N2O2. The molecule has 0 saturated carbocycles. The van der Waals surface area contributed by atoms with Gasteiger partial charge >= 0.3 is 0 Å². The first-order chi connectivity index (χ1) is 8.67. The Morgan fingerprint density at radius 1 is 1.50 bits per heavy atom. The minimum atomic E-state index is 0.189. The lowest BCUT2D eigenvalue weighted by molar-refractivity contribution is -0.119. The molecule has 18 heavy (non-hydrogen) atoms. The third kappa shape index (κ3) is 2.34. The number of methoxy groups -OCH3 is 1. The fourth-order valence-corrected chi connectivity index (χ4v) is 2.46. The Morgan fingerprint density at radius 3 is 2.94 bits per heavy atom. The molecule has 0 saturated heterocycles. The predicted octanol–water partition coefficient (Wildman–Crippen LogP) is 1.75. The maximum absolute atomic E-state index is 12.0. The van der Waals surface area contributed by atoms with Gasteiger partial charge in [0.2, 0.25) is 5.91 Å². The molecule has 4 nitrogen and oxygen atoms in total. The number of nitrogens with one attached hydrogen (secondary N) is 1. The zero-order valence-corrected chi connectivity index (χ0v) is 11.2. The van der Waals surface area contributed by atoms with Crippen LogP contribution in [-0.2, 0) is 4.79 Å². The molecule has 0 bridgehead atoms. The van der Waals surface area contributed by atoms with E-state index in [4.69, 9.17) is 4.74 Å². The third-order valence-corrected chi connectivity index (χ3v) is 3.57. The van der Waals surface area contributed by atoms with E-state index < -0.39 is 0 Å². The van der Waals surface area contributed by atoms with Crippen molar-refractivity contribution in [3.05, 3.63) is 23.8 Å². The van der Waals surface area contributed by atoms with E-state index in [9.17, 15) is 4.79 Å². The highest BCUT2D eigenvalue weighted by molar-refractivity contribution is 5.96. The zero-order chi connectivity index (χ0) is 13.1. The van der Waals surface area contributed by atoms with Crippen LogP contribution in [0.4, 0.5) is 5.69 Å². The Hall–Kier alpha value is -1.55. The first kappa shape index (κ1) is 12.9. The zero-order valence-electron chi connectivity index (χ0n) is 11.2. The number of carbonyl (C=O) groups excluding carboxylic acids is 1. The van der Waals surface area contributed by atoms with Gasteiger partial charge in [0.25, 0.3) is 0 Å². The molecule has 0 spiro atoms. The van der Waals surface area contributed by atoms with Gasteiger partial charge in [-0.25, -0.2) is 0 Å². The van der Waals surface area contributed by atoms with Crippen molar-refractivity contribution in [1.29, 1.82) is 0 Å². The highest BCUT2D eigenvalue weighted by Crippen LogP contribution is 2.38. The van der Waals surface area contributed by atoms with Gasteiger partial charge in [0, 0.05) is 19.2 Å². The summed E-state index contributed by atoms with van der Waals surface area (Å²) < 4.78 is 5.28. The summed E-state index contributed by atoms with van der Waals surface area (Å²) >= 11 is 0. The quantitative estimate of drug-likeness (QED) is 0.882. The van der Waals surface area contributed by atoms with E-state index in [2.05, 4.69) is 11.4 Å². The van der Waals surface area contributed by atoms with Crippen molar-refractivity contribution in [1.82, 2.24) is 5.32 Å². The molecule has 0 fully saturated rings. The maximum Gasteiger partial charge on any atom is 0.227 e. The molecule has 1 aliphatic heterocycles. The van der Waals surface area contributed by atoms with E-state index in [1.54, 1.807) is 12.0 Å². The molecule has 0 aliphatic carbocycles. The molecule has 1 unspecified atom stereocenters. The number of amides is 1. The number of rotatable bonds is 4. The summed E-state index contributed by atoms with van der Waals surface area (Å²) in [5.41, 5.74) is 2.22. The van der Waals surface area contributed by atoms with E-state index in [1.807, 2.05) is 26.2 Å². The van der Waals surface area contributed by atoms with Crippen LogP contribution >= 0.6 is 0 Å². The minimum Gasteiger partial charge on any atom is -0.497 e. The van der Waals surface area contributed by atoms with Gasteiger partial charge in [-0.15, -0.1) is 0 Å². The lowest BCUT2D eigenvalue weighted by atomic mass is 9.87. The normalized spacial score (nSPS) is 18.7. The van der Waals surface area contributed by atoms with Crippen LogP contribution in [0, 0.1) is 0 Å². The van der Waals surface area contributed by atoms with Gasteiger partial charge < -0.3 is 15.0 Å². The summed E-state index contributed by atoms with van der Waals surface area (Å²) in [6.07, 6.45) is 1.55. The van der Waals surface area contributed by atoms with Gasteiger partial charge in [-0.05, 0) is 49.7 Å². The Bertz CT molecular complexity index is 445. The molecule has 1 N–H and O–H groups in total. The molecular weight excluding hydrogens is 228 g/mol. The smallest absolute Gasteiger partial charge is 0.227 e. The van der Waals surface area contributed by atoms with Gasteiger partial charge in [-0.2, -0.15) is 0 Å². The minimum absolute atomic E-state index is 0.189. The number of carbonyl (C=O) groups is 1. The van der Waals surface area contributed by atoms with Crippen molar-refractivity contribution in [2.75, 3.05) is 32.6 Å². The van der Waals surface area contributed by atoms with Crippen LogP contribution in [0.25, 0.3) is 0 Å². The van der Waals surface area contributed by atoms with Crippen molar-refractivity contribution < 1.29 is 9.53 Å². The monoisotopic (exact) mass is 248 g/mol. The van der Waals surface area contributed by atoms with Crippen molar-refractivity contribution in [3.8, 4) is 5.75 Å². The molecule has 98 valence electrons. The Kier molecular flexibility index (Phi) is 3.87. The van der Waals surface area contributed by atoms with Crippen LogP contribution in [0.1, 0.15) is 24.3 Å². The van der Waals surface area contributed by atoms with Crippen LogP contribution in [0.5, 0.6) is 5.75 Å². The summed E-state index contributed by atoms with van der Waals surface area (Å²) in [6, 6.07) is 5.93. The van der Waals surface area contributed by atoms with Gasteiger partial charge in [0.15, 0.2) is 0 Å². The van der Waals surface area contributed by atoms with Crippen LogP contribution in [0.15, 0.2) is 18.2 Å². The fraction of sp³-hybridized carbons (Fsp3) is 0.500. The van der Waals surface area contributed by atoms with Gasteiger partial charge in [-0.3, -0.25) is 4.79 Å². The molecule has 1 amide bonds. The third-order valence-electron chi connectivity index (χ3n) is 3.57. The largest absolute Gasteiger partial charge is 0.497 e. The second-order valence-corrected chi connectivity index (χ2v) is 4.67. The molecule has 1 atom stereocenters. The number of hydrogen-bond acceptors (Lipinski definition) is 3. The van der Waals surface area contributed by atoms with E-state index in [0.717, 1.165) is 24.4 Å². The van der Waals surface area contributed by atoms with E-state index in [-0.39, 0.29) is 11.8 Å². The average Bonchev–Trinajstić information content (AvgIpc) is 2.40. The SMILES string of the molecule is CNCCC1CC(=O)N(C)c2ccc(OC)cc21. The predicted molar refractivity (Wildman–Crippen MR) is 72.3 cm³/mol. The van der Waals surface area contributed by atoms with E-state index in [0.29, 0.717) is 6.42 Å². The van der Waals surface area contributed by atoms with E-state index in [1.165, 1.54) is 5.56 Å². The van der Waals surface area contributed by atoms with Crippen molar-refractivity contribution in [2.45, 2.75) is 18.8 Å². The van der Waals surface area contributed by atoms with Gasteiger partial charge in [0.1, 0.15) is 5.75 Å². The molecule has 0 aromatic heterocycles. The van der Waals surface area contributed by atoms with Crippen LogP contribution in [-0.4, -0.2) is 33.7 Å². The summed E-state index contributed by atoms with van der Waals surface area (Å²) in [4.78, 5) is 13.7. The first-order valence-corrected chi connectivity index (χ1v) is 6.26. The van der Waals surface area contributed by atoms with Gasteiger partial charge in [-0.1, -0.05) is 0 Å². The molecule has 1 aromatic rings. The van der Waals surface area contributed by atoms with Crippen LogP contribution < -0.4 is 15.0 Å². The van der Waals surface area contributed by atoms with Crippen molar-refractivity contribution >= 4 is 11.6 Å². The number of fused-ring (bicyclic) bond motifs is 1. The lowest BCUT2D eigenvalue weighted by Crippen LogP contribution is -2.33. The molecule has 4 heteroatoms. The van der Waals surface area contributed by atoms with Crippen molar-refractivity contribution in [3.63, 3.8) is 0 Å². The molecule has 2 rings (SSSR count). The average molecular weight is 248 g/mol. The van der Waals surface area contributed by atoms with Gasteiger partial charge in [0.05, 0.1) is 7.11 Å². The Morgan fingerprint density at radius 2 is 2.28 bits per heavy atom. The molecule has 0 radical (unpaired) electrons. The molecule has 1 aromatic carbocycles. The number of anilines is 1. The highest BCUT2D eigenvalue weighted by atomic mass is 16.5. The Balaban J connectivity index is 2.36. The van der Waals surface area contributed by atoms with E-state index >= 15 is 0 Å². The number of hydrogen-bond donors (Lipinski definition) is 1. The number of nitrogens with zero attached hydrogens (tertiary/aromatic N) is 1. The summed E-state index contributed by atoms with van der Waals surface area (Å²) in [5.74, 6) is 1.32. The number of ether oxygens (including phenoxy) is 1. The second kappa shape index (κ2) is 5.40. The second-order valence-electron chi connectivity index (χ2n) is 4.67. The Labute approximate surface area is 108 Å². The van der Waals surface area contributed by atoms with Crippen LogP contribution in [0.3, 0.4) is 0 Å².